The Morgan fingerprint density at radius 3 is 2.94 bits per heavy atom. The van der Waals surface area contributed by atoms with Crippen LogP contribution in [0.2, 0.25) is 0 Å². The highest BCUT2D eigenvalue weighted by atomic mass is 16.5. The van der Waals surface area contributed by atoms with Crippen molar-refractivity contribution in [2.75, 3.05) is 19.8 Å². The topological polar surface area (TPSA) is 38.7 Å². The van der Waals surface area contributed by atoms with Crippen molar-refractivity contribution in [3.8, 4) is 0 Å². The first kappa shape index (κ1) is 13.2. The lowest BCUT2D eigenvalue weighted by atomic mass is 10.1. The van der Waals surface area contributed by atoms with Gasteiger partial charge in [0.2, 0.25) is 0 Å². The Balaban J connectivity index is 2.21. The third-order valence-corrected chi connectivity index (χ3v) is 2.51. The van der Waals surface area contributed by atoms with Crippen molar-refractivity contribution in [2.24, 2.45) is 0 Å². The number of hydrogen-bond donors (Lipinski definition) is 1. The van der Waals surface area contributed by atoms with Gasteiger partial charge in [-0.05, 0) is 12.0 Å². The summed E-state index contributed by atoms with van der Waals surface area (Å²) in [6.07, 6.45) is 6.48. The number of rotatable bonds is 6. The molecule has 0 bridgehead atoms. The first-order valence-electron chi connectivity index (χ1n) is 5.57. The van der Waals surface area contributed by atoms with E-state index in [-0.39, 0.29) is 12.2 Å². The van der Waals surface area contributed by atoms with Gasteiger partial charge >= 0.3 is 0 Å². The van der Waals surface area contributed by atoms with E-state index in [1.165, 1.54) is 0 Å². The van der Waals surface area contributed by atoms with Gasteiger partial charge < -0.3 is 14.6 Å². The van der Waals surface area contributed by atoms with Gasteiger partial charge in [-0.15, -0.1) is 0 Å². The molecule has 16 heavy (non-hydrogen) atoms. The molecule has 1 saturated heterocycles. The minimum absolute atomic E-state index is 0.0125. The number of hydrogen-bond acceptors (Lipinski definition) is 3. The molecule has 0 aromatic heterocycles. The summed E-state index contributed by atoms with van der Waals surface area (Å²) in [5, 5.41) is 9.44. The zero-order valence-electron chi connectivity index (χ0n) is 9.60. The average molecular weight is 224 g/mol. The van der Waals surface area contributed by atoms with Crippen molar-refractivity contribution in [3.05, 3.63) is 37.0 Å². The molecule has 2 unspecified atom stereocenters. The molecular formula is C13H20O3. The zero-order valence-corrected chi connectivity index (χ0v) is 9.60. The van der Waals surface area contributed by atoms with Gasteiger partial charge in [0.05, 0.1) is 25.4 Å². The number of aliphatic hydroxyl groups excluding tert-OH is 1. The van der Waals surface area contributed by atoms with E-state index < -0.39 is 0 Å². The van der Waals surface area contributed by atoms with Gasteiger partial charge in [0.1, 0.15) is 0 Å². The van der Waals surface area contributed by atoms with Gasteiger partial charge in [0.25, 0.3) is 0 Å². The summed E-state index contributed by atoms with van der Waals surface area (Å²) < 4.78 is 11.0. The molecule has 3 nitrogen and oxygen atoms in total. The van der Waals surface area contributed by atoms with Crippen molar-refractivity contribution in [2.45, 2.75) is 25.0 Å². The van der Waals surface area contributed by atoms with Crippen LogP contribution in [0.5, 0.6) is 0 Å². The minimum Gasteiger partial charge on any atom is -0.393 e. The van der Waals surface area contributed by atoms with Gasteiger partial charge in [-0.2, -0.15) is 0 Å². The van der Waals surface area contributed by atoms with Gasteiger partial charge in [-0.3, -0.25) is 0 Å². The van der Waals surface area contributed by atoms with Crippen LogP contribution in [0, 0.1) is 0 Å². The maximum Gasteiger partial charge on any atom is 0.0833 e. The van der Waals surface area contributed by atoms with E-state index in [4.69, 9.17) is 9.47 Å². The number of ether oxygens (including phenoxy) is 2. The number of aliphatic hydroxyl groups is 1. The standard InChI is InChI=1S/C13H20O3/c1-3-5-11(4-2)9-15-10-13-8-12(14)6-7-16-13/h3-5,12-14H,1-2,6-10H2/b11-5+. The SMILES string of the molecule is C=C/C=C(\C=C)COCC1CC(O)CCO1. The first-order valence-corrected chi connectivity index (χ1v) is 5.57. The van der Waals surface area contributed by atoms with Gasteiger partial charge in [-0.25, -0.2) is 0 Å². The third kappa shape index (κ3) is 4.75. The molecule has 1 aliphatic heterocycles. The molecule has 0 amide bonds. The van der Waals surface area contributed by atoms with Crippen LogP contribution < -0.4 is 0 Å². The Labute approximate surface area is 97.1 Å². The minimum atomic E-state index is -0.245. The molecule has 1 aliphatic rings. The lowest BCUT2D eigenvalue weighted by Gasteiger charge is -2.26. The highest BCUT2D eigenvalue weighted by Crippen LogP contribution is 2.14. The van der Waals surface area contributed by atoms with Crippen molar-refractivity contribution in [3.63, 3.8) is 0 Å². The summed E-state index contributed by atoms with van der Waals surface area (Å²) in [7, 11) is 0. The van der Waals surface area contributed by atoms with E-state index >= 15 is 0 Å². The first-order chi connectivity index (χ1) is 7.76. The van der Waals surface area contributed by atoms with Crippen LogP contribution in [-0.2, 0) is 9.47 Å². The second-order valence-electron chi connectivity index (χ2n) is 3.87. The quantitative estimate of drug-likeness (QED) is 0.700. The molecule has 2 atom stereocenters. The van der Waals surface area contributed by atoms with Gasteiger partial charge in [-0.1, -0.05) is 31.4 Å². The Morgan fingerprint density at radius 1 is 1.50 bits per heavy atom. The molecule has 0 saturated carbocycles. The molecule has 1 N–H and O–H groups in total. The third-order valence-electron chi connectivity index (χ3n) is 2.51. The fourth-order valence-electron chi connectivity index (χ4n) is 1.61. The molecule has 0 aliphatic carbocycles. The van der Waals surface area contributed by atoms with E-state index in [9.17, 15) is 5.11 Å². The van der Waals surface area contributed by atoms with E-state index in [1.54, 1.807) is 12.2 Å². The second kappa shape index (κ2) is 7.39. The van der Waals surface area contributed by atoms with Crippen LogP contribution in [0.25, 0.3) is 0 Å². The molecule has 90 valence electrons. The lowest BCUT2D eigenvalue weighted by molar-refractivity contribution is -0.0757. The molecule has 0 spiro atoms. The fraction of sp³-hybridized carbons (Fsp3) is 0.538. The average Bonchev–Trinajstić information content (AvgIpc) is 2.28. The molecule has 0 aromatic rings. The van der Waals surface area contributed by atoms with E-state index in [0.29, 0.717) is 26.2 Å². The normalized spacial score (nSPS) is 26.4. The fourth-order valence-corrected chi connectivity index (χ4v) is 1.61. The maximum atomic E-state index is 9.44. The molecular weight excluding hydrogens is 204 g/mol. The maximum absolute atomic E-state index is 9.44. The van der Waals surface area contributed by atoms with Crippen molar-refractivity contribution in [1.82, 2.24) is 0 Å². The Morgan fingerprint density at radius 2 is 2.31 bits per heavy atom. The van der Waals surface area contributed by atoms with Crippen LogP contribution >= 0.6 is 0 Å². The molecule has 1 rings (SSSR count). The number of allylic oxidation sites excluding steroid dienone is 2. The molecule has 1 fully saturated rings. The van der Waals surface area contributed by atoms with E-state index in [0.717, 1.165) is 12.0 Å². The molecule has 0 aromatic carbocycles. The zero-order chi connectivity index (χ0) is 11.8. The Bertz CT molecular complexity index is 258. The Hall–Kier alpha value is -0.900. The van der Waals surface area contributed by atoms with Crippen molar-refractivity contribution in [1.29, 1.82) is 0 Å². The van der Waals surface area contributed by atoms with E-state index in [2.05, 4.69) is 13.2 Å². The molecule has 1 heterocycles. The van der Waals surface area contributed by atoms with Crippen LogP contribution in [0.15, 0.2) is 37.0 Å². The summed E-state index contributed by atoms with van der Waals surface area (Å²) >= 11 is 0. The van der Waals surface area contributed by atoms with E-state index in [1.807, 2.05) is 6.08 Å². The summed E-state index contributed by atoms with van der Waals surface area (Å²) in [4.78, 5) is 0. The second-order valence-corrected chi connectivity index (χ2v) is 3.87. The predicted molar refractivity (Wildman–Crippen MR) is 64.3 cm³/mol. The Kier molecular flexibility index (Phi) is 6.08. The van der Waals surface area contributed by atoms with Crippen LogP contribution in [-0.4, -0.2) is 37.1 Å². The largest absolute Gasteiger partial charge is 0.393 e. The van der Waals surface area contributed by atoms with Crippen LogP contribution in [0.3, 0.4) is 0 Å². The van der Waals surface area contributed by atoms with Gasteiger partial charge in [0, 0.05) is 13.0 Å². The van der Waals surface area contributed by atoms with Crippen molar-refractivity contribution >= 4 is 0 Å². The smallest absolute Gasteiger partial charge is 0.0833 e. The van der Waals surface area contributed by atoms with Crippen LogP contribution in [0.4, 0.5) is 0 Å². The van der Waals surface area contributed by atoms with Crippen LogP contribution in [0.1, 0.15) is 12.8 Å². The van der Waals surface area contributed by atoms with Gasteiger partial charge in [0.15, 0.2) is 0 Å². The lowest BCUT2D eigenvalue weighted by Crippen LogP contribution is -2.32. The highest BCUT2D eigenvalue weighted by Gasteiger charge is 2.20. The van der Waals surface area contributed by atoms with Crippen molar-refractivity contribution < 1.29 is 14.6 Å². The summed E-state index contributed by atoms with van der Waals surface area (Å²) in [5.41, 5.74) is 0.992. The highest BCUT2D eigenvalue weighted by molar-refractivity contribution is 5.21. The molecule has 0 radical (unpaired) electrons. The molecule has 3 heteroatoms. The summed E-state index contributed by atoms with van der Waals surface area (Å²) in [6.45, 7) is 8.94. The predicted octanol–water partition coefficient (Wildman–Crippen LogP) is 1.84. The summed E-state index contributed by atoms with van der Waals surface area (Å²) in [5.74, 6) is 0. The monoisotopic (exact) mass is 224 g/mol. The summed E-state index contributed by atoms with van der Waals surface area (Å²) in [6, 6.07) is 0.